The van der Waals surface area contributed by atoms with Gasteiger partial charge in [-0.1, -0.05) is 41.7 Å². The second-order valence-corrected chi connectivity index (χ2v) is 6.32. The molecular weight excluding hydrogens is 295 g/mol. The van der Waals surface area contributed by atoms with Crippen LogP contribution in [0.3, 0.4) is 0 Å². The Morgan fingerprint density at radius 3 is 2.53 bits per heavy atom. The van der Waals surface area contributed by atoms with Gasteiger partial charge in [-0.05, 0) is 0 Å². The molecule has 0 aliphatic rings. The van der Waals surface area contributed by atoms with E-state index in [1.165, 1.54) is 4.52 Å². The number of benzene rings is 1. The van der Waals surface area contributed by atoms with Gasteiger partial charge in [0.2, 0.25) is 9.30 Å². The van der Waals surface area contributed by atoms with Gasteiger partial charge in [-0.3, -0.25) is 0 Å². The Morgan fingerprint density at radius 1 is 1.26 bits per heavy atom. The largest absolute Gasteiger partial charge is 1.00 e. The maximum Gasteiger partial charge on any atom is 1.00 e. The molecule has 3 rings (SSSR count). The predicted octanol–water partition coefficient (Wildman–Crippen LogP) is -1.78. The van der Waals surface area contributed by atoms with Gasteiger partial charge >= 0.3 is 29.6 Å². The van der Waals surface area contributed by atoms with E-state index in [9.17, 15) is 8.42 Å². The van der Waals surface area contributed by atoms with Gasteiger partial charge in [0.05, 0.1) is 11.9 Å². The summed E-state index contributed by atoms with van der Waals surface area (Å²) in [7, 11) is -3.77. The van der Waals surface area contributed by atoms with Gasteiger partial charge in [0.25, 0.3) is 10.0 Å². The molecule has 0 amide bonds. The first-order valence-corrected chi connectivity index (χ1v) is 7.35. The van der Waals surface area contributed by atoms with Crippen LogP contribution in [0.2, 0.25) is 0 Å². The molecule has 2 N–H and O–H groups in total. The average molecular weight is 304 g/mol. The molecule has 94 valence electrons. The van der Waals surface area contributed by atoms with Gasteiger partial charge in [0, 0.05) is 5.56 Å². The van der Waals surface area contributed by atoms with Crippen molar-refractivity contribution in [3.8, 4) is 11.3 Å². The van der Waals surface area contributed by atoms with E-state index in [2.05, 4.69) is 10.1 Å². The number of aromatic nitrogens is 3. The van der Waals surface area contributed by atoms with Gasteiger partial charge in [-0.15, -0.1) is 5.10 Å². The van der Waals surface area contributed by atoms with Crippen LogP contribution in [-0.2, 0) is 10.0 Å². The molecule has 19 heavy (non-hydrogen) atoms. The van der Waals surface area contributed by atoms with Crippen LogP contribution in [0.1, 0.15) is 1.43 Å². The number of sulfonamides is 1. The van der Waals surface area contributed by atoms with Crippen molar-refractivity contribution in [2.45, 2.75) is 4.34 Å². The molecule has 3 aromatic rings. The van der Waals surface area contributed by atoms with Gasteiger partial charge < -0.3 is 1.43 Å². The van der Waals surface area contributed by atoms with Crippen molar-refractivity contribution in [1.82, 2.24) is 14.6 Å². The van der Waals surface area contributed by atoms with Gasteiger partial charge in [-0.2, -0.15) is 0 Å². The summed E-state index contributed by atoms with van der Waals surface area (Å²) in [4.78, 5) is 4.81. The molecule has 0 saturated carbocycles. The first kappa shape index (κ1) is 14.6. The van der Waals surface area contributed by atoms with Crippen LogP contribution in [-0.4, -0.2) is 23.0 Å². The minimum Gasteiger partial charge on any atom is -1.00 e. The van der Waals surface area contributed by atoms with Crippen LogP contribution < -0.4 is 34.7 Å². The third kappa shape index (κ3) is 2.88. The predicted molar refractivity (Wildman–Crippen MR) is 68.8 cm³/mol. The number of rotatable bonds is 2. The average Bonchev–Trinajstić information content (AvgIpc) is 2.86. The molecule has 0 saturated heterocycles. The van der Waals surface area contributed by atoms with Crippen molar-refractivity contribution in [2.75, 3.05) is 0 Å². The summed E-state index contributed by atoms with van der Waals surface area (Å²) < 4.78 is 23.6. The van der Waals surface area contributed by atoms with Crippen molar-refractivity contribution in [3.63, 3.8) is 0 Å². The van der Waals surface area contributed by atoms with Crippen LogP contribution >= 0.6 is 11.3 Å². The van der Waals surface area contributed by atoms with E-state index in [1.54, 1.807) is 6.20 Å². The van der Waals surface area contributed by atoms with Gasteiger partial charge in [0.1, 0.15) is 0 Å². The normalized spacial score (nSPS) is 11.4. The van der Waals surface area contributed by atoms with Crippen molar-refractivity contribution in [3.05, 3.63) is 36.5 Å². The quantitative estimate of drug-likeness (QED) is 0.567. The molecule has 9 heteroatoms. The standard InChI is InChI=1S/C10H8N4O2S2.Na.H/c11-18(15,16)10-13-14-6-8(12-9(14)17-10)7-4-2-1-3-5-7;;/h1-6H,(H2,11,15,16);;/q;+1;-1. The number of hydrogen-bond donors (Lipinski definition) is 1. The molecule has 2 heterocycles. The summed E-state index contributed by atoms with van der Waals surface area (Å²) in [5.74, 6) is 0. The second-order valence-electron chi connectivity index (χ2n) is 3.63. The Kier molecular flexibility index (Phi) is 4.09. The molecule has 0 aliphatic heterocycles. The Bertz CT molecular complexity index is 785. The number of fused-ring (bicyclic) bond motifs is 1. The Labute approximate surface area is 137 Å². The molecule has 6 nitrogen and oxygen atoms in total. The van der Waals surface area contributed by atoms with E-state index in [4.69, 9.17) is 5.14 Å². The molecular formula is C10H9N4NaO2S2. The summed E-state index contributed by atoms with van der Waals surface area (Å²) in [6, 6.07) is 9.58. The van der Waals surface area contributed by atoms with Gasteiger partial charge in [0.15, 0.2) is 0 Å². The van der Waals surface area contributed by atoms with E-state index in [1.807, 2.05) is 30.3 Å². The fourth-order valence-electron chi connectivity index (χ4n) is 1.54. The first-order chi connectivity index (χ1) is 8.54. The Hall–Kier alpha value is -0.770. The van der Waals surface area contributed by atoms with E-state index < -0.39 is 10.0 Å². The van der Waals surface area contributed by atoms with Crippen molar-refractivity contribution < 1.29 is 39.4 Å². The van der Waals surface area contributed by atoms with E-state index in [-0.39, 0.29) is 35.3 Å². The Morgan fingerprint density at radius 2 is 1.95 bits per heavy atom. The Balaban J connectivity index is 0.000001000. The molecule has 0 fully saturated rings. The molecule has 0 bridgehead atoms. The molecule has 0 unspecified atom stereocenters. The summed E-state index contributed by atoms with van der Waals surface area (Å²) in [5.41, 5.74) is 1.70. The smallest absolute Gasteiger partial charge is 1.00 e. The fourth-order valence-corrected chi connectivity index (χ4v) is 3.05. The zero-order chi connectivity index (χ0) is 12.8. The topological polar surface area (TPSA) is 90.4 Å². The van der Waals surface area contributed by atoms with Crippen LogP contribution in [0.25, 0.3) is 16.2 Å². The minimum atomic E-state index is -3.77. The summed E-state index contributed by atoms with van der Waals surface area (Å²) in [6.45, 7) is 0. The van der Waals surface area contributed by atoms with E-state index >= 15 is 0 Å². The van der Waals surface area contributed by atoms with E-state index in [0.29, 0.717) is 4.96 Å². The van der Waals surface area contributed by atoms with Crippen molar-refractivity contribution in [1.29, 1.82) is 0 Å². The minimum absolute atomic E-state index is 0. The molecule has 1 aromatic carbocycles. The number of imidazole rings is 1. The number of hydrogen-bond acceptors (Lipinski definition) is 5. The zero-order valence-corrected chi connectivity index (χ0v) is 13.6. The van der Waals surface area contributed by atoms with Gasteiger partial charge in [-0.25, -0.2) is 23.1 Å². The third-order valence-corrected chi connectivity index (χ3v) is 4.57. The van der Waals surface area contributed by atoms with Crippen LogP contribution in [0.15, 0.2) is 40.9 Å². The number of primary sulfonamides is 1. The summed E-state index contributed by atoms with van der Waals surface area (Å²) in [5, 5.41) is 8.90. The van der Waals surface area contributed by atoms with Crippen molar-refractivity contribution >= 4 is 26.3 Å². The van der Waals surface area contributed by atoms with E-state index in [0.717, 1.165) is 22.6 Å². The first-order valence-electron chi connectivity index (χ1n) is 4.98. The zero-order valence-electron chi connectivity index (χ0n) is 11.0. The van der Waals surface area contributed by atoms with Crippen LogP contribution in [0.4, 0.5) is 0 Å². The monoisotopic (exact) mass is 304 g/mol. The van der Waals surface area contributed by atoms with Crippen molar-refractivity contribution in [2.24, 2.45) is 5.14 Å². The number of nitrogens with two attached hydrogens (primary N) is 1. The molecule has 2 aromatic heterocycles. The maximum absolute atomic E-state index is 11.1. The maximum atomic E-state index is 11.1. The van der Waals surface area contributed by atoms with Crippen LogP contribution in [0.5, 0.6) is 0 Å². The molecule has 0 spiro atoms. The fraction of sp³-hybridized carbons (Fsp3) is 0. The molecule has 0 radical (unpaired) electrons. The SMILES string of the molecule is NS(=O)(=O)c1nn2cc(-c3ccccc3)nc2s1.[H-].[Na+]. The molecule has 0 atom stereocenters. The summed E-state index contributed by atoms with van der Waals surface area (Å²) >= 11 is 0.947. The molecule has 0 aliphatic carbocycles. The second kappa shape index (κ2) is 5.31. The van der Waals surface area contributed by atoms with Crippen LogP contribution in [0, 0.1) is 0 Å². The summed E-state index contributed by atoms with van der Waals surface area (Å²) in [6.07, 6.45) is 1.68. The number of nitrogens with zero attached hydrogens (tertiary/aromatic N) is 3. The third-order valence-electron chi connectivity index (χ3n) is 2.34.